The van der Waals surface area contributed by atoms with Crippen LogP contribution in [0.2, 0.25) is 0 Å². The van der Waals surface area contributed by atoms with Crippen molar-refractivity contribution >= 4 is 29.1 Å². The molecule has 1 amide bonds. The van der Waals surface area contributed by atoms with Crippen molar-refractivity contribution in [3.63, 3.8) is 0 Å². The van der Waals surface area contributed by atoms with Crippen LogP contribution in [-0.2, 0) is 4.74 Å². The SMILES string of the molecule is COC(=O)c1ccc(C=NNC(=O)c2cc3ccccc3o2)cc1. The van der Waals surface area contributed by atoms with Gasteiger partial charge in [0.25, 0.3) is 0 Å². The molecule has 0 spiro atoms. The van der Waals surface area contributed by atoms with Crippen molar-refractivity contribution in [1.82, 2.24) is 5.43 Å². The van der Waals surface area contributed by atoms with E-state index >= 15 is 0 Å². The summed E-state index contributed by atoms with van der Waals surface area (Å²) in [4.78, 5) is 23.3. The topological polar surface area (TPSA) is 80.9 Å². The first-order valence-electron chi connectivity index (χ1n) is 7.18. The van der Waals surface area contributed by atoms with Gasteiger partial charge in [-0.05, 0) is 29.8 Å². The standard InChI is InChI=1S/C18H14N2O4/c1-23-18(22)13-8-6-12(7-9-13)11-19-20-17(21)16-10-14-4-2-3-5-15(14)24-16/h2-11H,1H3,(H,20,21). The molecule has 6 nitrogen and oxygen atoms in total. The van der Waals surface area contributed by atoms with E-state index < -0.39 is 11.9 Å². The van der Waals surface area contributed by atoms with E-state index in [1.54, 1.807) is 36.4 Å². The number of esters is 1. The highest BCUT2D eigenvalue weighted by Gasteiger charge is 2.10. The van der Waals surface area contributed by atoms with Gasteiger partial charge in [0.05, 0.1) is 18.9 Å². The highest BCUT2D eigenvalue weighted by Crippen LogP contribution is 2.18. The second-order valence-electron chi connectivity index (χ2n) is 4.96. The van der Waals surface area contributed by atoms with Crippen LogP contribution in [0.1, 0.15) is 26.5 Å². The maximum absolute atomic E-state index is 12.0. The summed E-state index contributed by atoms with van der Waals surface area (Å²) in [7, 11) is 1.32. The van der Waals surface area contributed by atoms with Crippen molar-refractivity contribution in [2.24, 2.45) is 5.10 Å². The molecule has 3 rings (SSSR count). The number of rotatable bonds is 4. The number of furan rings is 1. The largest absolute Gasteiger partial charge is 0.465 e. The number of hydrazone groups is 1. The van der Waals surface area contributed by atoms with Gasteiger partial charge in [-0.25, -0.2) is 10.2 Å². The summed E-state index contributed by atoms with van der Waals surface area (Å²) in [6, 6.07) is 15.7. The predicted molar refractivity (Wildman–Crippen MR) is 89.1 cm³/mol. The lowest BCUT2D eigenvalue weighted by atomic mass is 10.1. The summed E-state index contributed by atoms with van der Waals surface area (Å²) in [6.45, 7) is 0. The third-order valence-electron chi connectivity index (χ3n) is 3.36. The van der Waals surface area contributed by atoms with Crippen LogP contribution < -0.4 is 5.43 Å². The van der Waals surface area contributed by atoms with E-state index in [9.17, 15) is 9.59 Å². The molecule has 1 N–H and O–H groups in total. The van der Waals surface area contributed by atoms with Crippen molar-refractivity contribution in [2.45, 2.75) is 0 Å². The molecule has 2 aromatic carbocycles. The molecule has 0 radical (unpaired) electrons. The van der Waals surface area contributed by atoms with E-state index in [1.807, 2.05) is 18.2 Å². The van der Waals surface area contributed by atoms with Crippen LogP contribution in [0.3, 0.4) is 0 Å². The minimum atomic E-state index is -0.436. The molecule has 0 aliphatic carbocycles. The Bertz CT molecular complexity index is 877. The number of nitrogens with one attached hydrogen (secondary N) is 1. The smallest absolute Gasteiger partial charge is 0.337 e. The number of hydrogen-bond acceptors (Lipinski definition) is 5. The molecule has 0 saturated carbocycles. The van der Waals surface area contributed by atoms with Crippen LogP contribution >= 0.6 is 0 Å². The Morgan fingerprint density at radius 2 is 1.88 bits per heavy atom. The Kier molecular flexibility index (Phi) is 4.38. The van der Waals surface area contributed by atoms with Gasteiger partial charge >= 0.3 is 11.9 Å². The zero-order valence-electron chi connectivity index (χ0n) is 12.9. The van der Waals surface area contributed by atoms with Crippen LogP contribution in [-0.4, -0.2) is 25.2 Å². The Balaban J connectivity index is 1.65. The van der Waals surface area contributed by atoms with E-state index in [0.717, 1.165) is 10.9 Å². The third kappa shape index (κ3) is 3.33. The van der Waals surface area contributed by atoms with Gasteiger partial charge in [-0.3, -0.25) is 4.79 Å². The molecule has 24 heavy (non-hydrogen) atoms. The number of para-hydroxylation sites is 1. The van der Waals surface area contributed by atoms with Crippen molar-refractivity contribution < 1.29 is 18.7 Å². The molecule has 0 bridgehead atoms. The summed E-state index contributed by atoms with van der Waals surface area (Å²) < 4.78 is 10.1. The number of nitrogens with zero attached hydrogens (tertiary/aromatic N) is 1. The lowest BCUT2D eigenvalue weighted by Crippen LogP contribution is -2.16. The van der Waals surface area contributed by atoms with E-state index in [-0.39, 0.29) is 5.76 Å². The fraction of sp³-hybridized carbons (Fsp3) is 0.0556. The summed E-state index contributed by atoms with van der Waals surface area (Å²) in [5.74, 6) is -0.653. The molecular weight excluding hydrogens is 308 g/mol. The quantitative estimate of drug-likeness (QED) is 0.455. The summed E-state index contributed by atoms with van der Waals surface area (Å²) in [5, 5.41) is 4.73. The maximum atomic E-state index is 12.0. The van der Waals surface area contributed by atoms with Crippen molar-refractivity contribution in [1.29, 1.82) is 0 Å². The molecule has 1 heterocycles. The van der Waals surface area contributed by atoms with Gasteiger partial charge in [0.1, 0.15) is 5.58 Å². The first-order valence-corrected chi connectivity index (χ1v) is 7.18. The molecule has 6 heteroatoms. The lowest BCUT2D eigenvalue weighted by molar-refractivity contribution is 0.0600. The third-order valence-corrected chi connectivity index (χ3v) is 3.36. The van der Waals surface area contributed by atoms with Gasteiger partial charge in [0.2, 0.25) is 0 Å². The minimum Gasteiger partial charge on any atom is -0.465 e. The first-order chi connectivity index (χ1) is 11.7. The number of carbonyl (C=O) groups excluding carboxylic acids is 2. The monoisotopic (exact) mass is 322 g/mol. The normalized spacial score (nSPS) is 10.9. The van der Waals surface area contributed by atoms with Crippen molar-refractivity contribution in [3.8, 4) is 0 Å². The molecule has 0 fully saturated rings. The molecule has 3 aromatic rings. The summed E-state index contributed by atoms with van der Waals surface area (Å²) >= 11 is 0. The zero-order valence-corrected chi connectivity index (χ0v) is 12.9. The molecule has 0 saturated heterocycles. The van der Waals surface area contributed by atoms with Gasteiger partial charge in [-0.15, -0.1) is 0 Å². The second kappa shape index (κ2) is 6.78. The molecule has 0 aliphatic rings. The van der Waals surface area contributed by atoms with Gasteiger partial charge in [0, 0.05) is 5.39 Å². The molecule has 0 aliphatic heterocycles. The first kappa shape index (κ1) is 15.5. The van der Waals surface area contributed by atoms with Gasteiger partial charge in [0.15, 0.2) is 5.76 Å². The Morgan fingerprint density at radius 1 is 1.12 bits per heavy atom. The average Bonchev–Trinajstić information content (AvgIpc) is 3.06. The summed E-state index contributed by atoms with van der Waals surface area (Å²) in [6.07, 6.45) is 1.47. The van der Waals surface area contributed by atoms with Crippen molar-refractivity contribution in [2.75, 3.05) is 7.11 Å². The van der Waals surface area contributed by atoms with Crippen LogP contribution in [0, 0.1) is 0 Å². The number of methoxy groups -OCH3 is 1. The van der Waals surface area contributed by atoms with Crippen molar-refractivity contribution in [3.05, 3.63) is 71.5 Å². The summed E-state index contributed by atoms with van der Waals surface area (Å²) in [5.41, 5.74) is 4.22. The number of benzene rings is 2. The van der Waals surface area contributed by atoms with Gasteiger partial charge in [-0.2, -0.15) is 5.10 Å². The zero-order chi connectivity index (χ0) is 16.9. The van der Waals surface area contributed by atoms with E-state index in [1.165, 1.54) is 13.3 Å². The predicted octanol–water partition coefficient (Wildman–Crippen LogP) is 2.98. The maximum Gasteiger partial charge on any atom is 0.337 e. The molecule has 0 atom stereocenters. The molecule has 1 aromatic heterocycles. The van der Waals surface area contributed by atoms with E-state index in [2.05, 4.69) is 15.3 Å². The highest BCUT2D eigenvalue weighted by molar-refractivity contribution is 5.96. The van der Waals surface area contributed by atoms with Gasteiger partial charge in [-0.1, -0.05) is 30.3 Å². The fourth-order valence-corrected chi connectivity index (χ4v) is 2.14. The molecule has 120 valence electrons. The molecular formula is C18H14N2O4. The lowest BCUT2D eigenvalue weighted by Gasteiger charge is -1.99. The second-order valence-corrected chi connectivity index (χ2v) is 4.96. The number of carbonyl (C=O) groups is 2. The Hall–Kier alpha value is -3.41. The van der Waals surface area contributed by atoms with E-state index in [0.29, 0.717) is 11.1 Å². The van der Waals surface area contributed by atoms with Crippen LogP contribution in [0.5, 0.6) is 0 Å². The Labute approximate surface area is 137 Å². The number of hydrogen-bond donors (Lipinski definition) is 1. The minimum absolute atomic E-state index is 0.189. The van der Waals surface area contributed by atoms with Gasteiger partial charge < -0.3 is 9.15 Å². The number of amides is 1. The van der Waals surface area contributed by atoms with Crippen LogP contribution in [0.15, 0.2) is 64.1 Å². The average molecular weight is 322 g/mol. The number of fused-ring (bicyclic) bond motifs is 1. The number of ether oxygens (including phenoxy) is 1. The molecule has 0 unspecified atom stereocenters. The van der Waals surface area contributed by atoms with E-state index in [4.69, 9.17) is 4.42 Å². The fourth-order valence-electron chi connectivity index (χ4n) is 2.14. The van der Waals surface area contributed by atoms with Crippen LogP contribution in [0.4, 0.5) is 0 Å². The van der Waals surface area contributed by atoms with Crippen LogP contribution in [0.25, 0.3) is 11.0 Å². The Morgan fingerprint density at radius 3 is 2.58 bits per heavy atom. The highest BCUT2D eigenvalue weighted by atomic mass is 16.5.